The van der Waals surface area contributed by atoms with Crippen LogP contribution >= 0.6 is 0 Å². The van der Waals surface area contributed by atoms with Crippen molar-refractivity contribution >= 4 is 35.0 Å². The van der Waals surface area contributed by atoms with Gasteiger partial charge in [-0.25, -0.2) is 9.59 Å². The number of hydrogen-bond donors (Lipinski definition) is 4. The molecule has 0 amide bonds. The fourth-order valence-corrected chi connectivity index (χ4v) is 0.384. The van der Waals surface area contributed by atoms with Crippen molar-refractivity contribution in [2.45, 2.75) is 12.2 Å². The summed E-state index contributed by atoms with van der Waals surface area (Å²) >= 11 is 0. The van der Waals surface area contributed by atoms with Gasteiger partial charge in [0.1, 0.15) is 0 Å². The molecule has 2 atom stereocenters. The summed E-state index contributed by atoms with van der Waals surface area (Å²) in [4.78, 5) is 21.1. The van der Waals surface area contributed by atoms with E-state index in [-0.39, 0.29) is 23.1 Å². The van der Waals surface area contributed by atoms with Gasteiger partial charge >= 0.3 is 35.0 Å². The third-order valence-corrected chi connectivity index (χ3v) is 1.09. The molecule has 0 saturated heterocycles. The summed E-state index contributed by atoms with van der Waals surface area (Å²) in [6.45, 7) is -1.78. The van der Waals surface area contributed by atoms with Crippen molar-refractivity contribution < 1.29 is 34.8 Å². The molecule has 0 bridgehead atoms. The standard InChI is InChI=1S/C6H10O7.Mg.2H/c7-1-3(9)5(11)13-6(12)4(10)2-8;;;/h3-4,7-10H,1-2H2;;;. The van der Waals surface area contributed by atoms with Crippen molar-refractivity contribution in [3.63, 3.8) is 0 Å². The van der Waals surface area contributed by atoms with Crippen LogP contribution in [0.3, 0.4) is 0 Å². The smallest absolute Gasteiger partial charge is 0.345 e. The Bertz CT molecular complexity index is 175. The molecular weight excluding hydrogens is 208 g/mol. The summed E-state index contributed by atoms with van der Waals surface area (Å²) in [7, 11) is 0. The second kappa shape index (κ2) is 8.09. The average molecular weight is 220 g/mol. The van der Waals surface area contributed by atoms with Gasteiger partial charge in [-0.15, -0.1) is 0 Å². The Morgan fingerprint density at radius 1 is 1.00 bits per heavy atom. The normalized spacial score (nSPS) is 13.7. The van der Waals surface area contributed by atoms with Gasteiger partial charge in [0.15, 0.2) is 12.2 Å². The number of aliphatic hydroxyl groups is 4. The Labute approximate surface area is 95.4 Å². The van der Waals surface area contributed by atoms with Crippen LogP contribution < -0.4 is 0 Å². The third kappa shape index (κ3) is 5.47. The van der Waals surface area contributed by atoms with Gasteiger partial charge in [-0.3, -0.25) is 0 Å². The molecule has 0 heterocycles. The summed E-state index contributed by atoms with van der Waals surface area (Å²) in [6, 6.07) is 0. The number of esters is 2. The van der Waals surface area contributed by atoms with E-state index in [0.717, 1.165) is 0 Å². The molecule has 80 valence electrons. The van der Waals surface area contributed by atoms with Gasteiger partial charge in [-0.05, 0) is 0 Å². The van der Waals surface area contributed by atoms with Crippen molar-refractivity contribution in [2.24, 2.45) is 0 Å². The van der Waals surface area contributed by atoms with E-state index in [2.05, 4.69) is 4.74 Å². The molecule has 7 nitrogen and oxygen atoms in total. The van der Waals surface area contributed by atoms with Crippen molar-refractivity contribution in [1.82, 2.24) is 0 Å². The van der Waals surface area contributed by atoms with E-state index < -0.39 is 37.4 Å². The highest BCUT2D eigenvalue weighted by Gasteiger charge is 2.23. The molecule has 8 heteroatoms. The van der Waals surface area contributed by atoms with Crippen molar-refractivity contribution in [3.8, 4) is 0 Å². The highest BCUT2D eigenvalue weighted by Crippen LogP contribution is 1.92. The van der Waals surface area contributed by atoms with E-state index in [1.165, 1.54) is 0 Å². The molecule has 0 aromatic rings. The minimum Gasteiger partial charge on any atom is -0.393 e. The van der Waals surface area contributed by atoms with Crippen LogP contribution in [0.15, 0.2) is 0 Å². The molecule has 0 aliphatic carbocycles. The summed E-state index contributed by atoms with van der Waals surface area (Å²) in [5, 5.41) is 33.7. The van der Waals surface area contributed by atoms with Crippen molar-refractivity contribution in [1.29, 1.82) is 0 Å². The molecule has 0 aliphatic heterocycles. The molecule has 14 heavy (non-hydrogen) atoms. The maximum absolute atomic E-state index is 10.6. The van der Waals surface area contributed by atoms with E-state index in [1.54, 1.807) is 0 Å². The zero-order valence-electron chi connectivity index (χ0n) is 6.58. The minimum atomic E-state index is -1.82. The predicted molar refractivity (Wildman–Crippen MR) is 45.8 cm³/mol. The molecule has 0 aliphatic rings. The molecule has 4 N–H and O–H groups in total. The maximum Gasteiger partial charge on any atom is 0.345 e. The van der Waals surface area contributed by atoms with Crippen molar-refractivity contribution in [3.05, 3.63) is 0 Å². The number of rotatable bonds is 4. The molecule has 0 rings (SSSR count). The molecular formula is C6H12MgO7. The Kier molecular flexibility index (Phi) is 9.35. The maximum atomic E-state index is 10.6. The van der Waals surface area contributed by atoms with E-state index >= 15 is 0 Å². The van der Waals surface area contributed by atoms with Gasteiger partial charge in [0.2, 0.25) is 0 Å². The Hall–Kier alpha value is -0.254. The van der Waals surface area contributed by atoms with Crippen LogP contribution in [0.1, 0.15) is 0 Å². The first-order valence-electron chi connectivity index (χ1n) is 3.36. The monoisotopic (exact) mass is 220 g/mol. The van der Waals surface area contributed by atoms with Crippen LogP contribution in [-0.4, -0.2) is 80.8 Å². The van der Waals surface area contributed by atoms with Gasteiger partial charge in [-0.2, -0.15) is 0 Å². The van der Waals surface area contributed by atoms with E-state index in [0.29, 0.717) is 0 Å². The molecule has 0 saturated carbocycles. The van der Waals surface area contributed by atoms with Gasteiger partial charge < -0.3 is 25.2 Å². The summed E-state index contributed by atoms with van der Waals surface area (Å²) in [5.41, 5.74) is 0. The van der Waals surface area contributed by atoms with Crippen LogP contribution in [0.25, 0.3) is 0 Å². The molecule has 0 fully saturated rings. The van der Waals surface area contributed by atoms with Crippen LogP contribution in [0.5, 0.6) is 0 Å². The molecule has 2 unspecified atom stereocenters. The van der Waals surface area contributed by atoms with Gasteiger partial charge in [0.25, 0.3) is 0 Å². The average Bonchev–Trinajstić information content (AvgIpc) is 2.14. The SMILES string of the molecule is O=C(OC(=O)C(O)CO)C(O)CO.[MgH2]. The Morgan fingerprint density at radius 3 is 1.50 bits per heavy atom. The Morgan fingerprint density at radius 2 is 1.29 bits per heavy atom. The summed E-state index contributed by atoms with van der Waals surface area (Å²) in [6.07, 6.45) is -3.65. The number of ether oxygens (including phenoxy) is 1. The van der Waals surface area contributed by atoms with Crippen LogP contribution in [0, 0.1) is 0 Å². The fraction of sp³-hybridized carbons (Fsp3) is 0.667. The lowest BCUT2D eigenvalue weighted by molar-refractivity contribution is -0.173. The van der Waals surface area contributed by atoms with Gasteiger partial charge in [0.05, 0.1) is 13.2 Å². The first-order chi connectivity index (χ1) is 6.02. The zero-order chi connectivity index (χ0) is 10.4. The lowest BCUT2D eigenvalue weighted by atomic mass is 10.3. The number of carbonyl (C=O) groups excluding carboxylic acids is 2. The van der Waals surface area contributed by atoms with E-state index in [4.69, 9.17) is 20.4 Å². The molecule has 0 radical (unpaired) electrons. The first kappa shape index (κ1) is 16.2. The number of aliphatic hydroxyl groups excluding tert-OH is 4. The van der Waals surface area contributed by atoms with Crippen LogP contribution in [-0.2, 0) is 14.3 Å². The minimum absolute atomic E-state index is 0. The zero-order valence-corrected chi connectivity index (χ0v) is 6.58. The van der Waals surface area contributed by atoms with Gasteiger partial charge in [-0.1, -0.05) is 0 Å². The van der Waals surface area contributed by atoms with E-state index in [9.17, 15) is 9.59 Å². The lowest BCUT2D eigenvalue weighted by Gasteiger charge is -2.08. The fourth-order valence-electron chi connectivity index (χ4n) is 0.384. The highest BCUT2D eigenvalue weighted by molar-refractivity contribution is 5.89. The summed E-state index contributed by atoms with van der Waals surface area (Å²) in [5.74, 6) is -2.75. The second-order valence-corrected chi connectivity index (χ2v) is 2.14. The van der Waals surface area contributed by atoms with Gasteiger partial charge in [0, 0.05) is 0 Å². The lowest BCUT2D eigenvalue weighted by Crippen LogP contribution is -2.34. The first-order valence-corrected chi connectivity index (χ1v) is 3.36. The Balaban J connectivity index is 0. The van der Waals surface area contributed by atoms with E-state index in [1.807, 2.05) is 0 Å². The topological polar surface area (TPSA) is 124 Å². The third-order valence-electron chi connectivity index (χ3n) is 1.09. The van der Waals surface area contributed by atoms with Crippen LogP contribution in [0.4, 0.5) is 0 Å². The quantitative estimate of drug-likeness (QED) is 0.215. The van der Waals surface area contributed by atoms with Crippen molar-refractivity contribution in [2.75, 3.05) is 13.2 Å². The highest BCUT2D eigenvalue weighted by atomic mass is 24.3. The second-order valence-electron chi connectivity index (χ2n) is 2.14. The molecule has 0 aromatic heterocycles. The predicted octanol–water partition coefficient (Wildman–Crippen LogP) is -4.15. The molecule has 0 spiro atoms. The largest absolute Gasteiger partial charge is 0.393 e. The molecule has 0 aromatic carbocycles. The summed E-state index contributed by atoms with van der Waals surface area (Å²) < 4.78 is 3.86. The van der Waals surface area contributed by atoms with Crippen LogP contribution in [0.2, 0.25) is 0 Å². The number of hydrogen-bond acceptors (Lipinski definition) is 7. The number of carbonyl (C=O) groups is 2.